The van der Waals surface area contributed by atoms with Gasteiger partial charge in [-0.15, -0.1) is 0 Å². The zero-order valence-electron chi connectivity index (χ0n) is 18.3. The molecule has 2 aromatic rings. The van der Waals surface area contributed by atoms with E-state index in [1.165, 1.54) is 19.1 Å². The van der Waals surface area contributed by atoms with Crippen molar-refractivity contribution in [3.63, 3.8) is 0 Å². The molecule has 0 radical (unpaired) electrons. The Morgan fingerprint density at radius 2 is 1.84 bits per heavy atom. The summed E-state index contributed by atoms with van der Waals surface area (Å²) in [6.45, 7) is 9.23. The minimum absolute atomic E-state index is 0.0445. The van der Waals surface area contributed by atoms with Gasteiger partial charge in [-0.25, -0.2) is 8.42 Å². The summed E-state index contributed by atoms with van der Waals surface area (Å²) in [5.41, 5.74) is 1.26. The Hall–Kier alpha value is -3.07. The highest BCUT2D eigenvalue weighted by Crippen LogP contribution is 2.38. The molecular formula is C22H27N3O5S. The third-order valence-corrected chi connectivity index (χ3v) is 6.56. The van der Waals surface area contributed by atoms with Gasteiger partial charge in [0, 0.05) is 25.2 Å². The standard InChI is InChI=1S/C22H27N3O5S/c1-6-25-18-9-7-17(12-19(18)30-13-22(4,5)21(25)27)24-31(28,29)20-10-8-16(11-14(20)2)23-15(3)26/h7-12,24H,6,13H2,1-5H3,(H,23,26). The number of anilines is 3. The first-order valence-electron chi connectivity index (χ1n) is 9.94. The fourth-order valence-corrected chi connectivity index (χ4v) is 4.74. The zero-order valence-corrected chi connectivity index (χ0v) is 19.1. The van der Waals surface area contributed by atoms with E-state index in [0.29, 0.717) is 34.9 Å². The molecule has 0 aliphatic carbocycles. The van der Waals surface area contributed by atoms with Gasteiger partial charge in [-0.05, 0) is 63.6 Å². The van der Waals surface area contributed by atoms with Gasteiger partial charge in [0.05, 0.1) is 21.7 Å². The lowest BCUT2D eigenvalue weighted by Crippen LogP contribution is -2.42. The Bertz CT molecular complexity index is 1140. The van der Waals surface area contributed by atoms with Gasteiger partial charge >= 0.3 is 0 Å². The van der Waals surface area contributed by atoms with E-state index in [1.807, 2.05) is 20.8 Å². The second-order valence-electron chi connectivity index (χ2n) is 8.17. The number of nitrogens with zero attached hydrogens (tertiary/aromatic N) is 1. The molecule has 9 heteroatoms. The monoisotopic (exact) mass is 445 g/mol. The fourth-order valence-electron chi connectivity index (χ4n) is 3.47. The topological polar surface area (TPSA) is 105 Å². The van der Waals surface area contributed by atoms with E-state index >= 15 is 0 Å². The molecule has 2 aromatic carbocycles. The molecule has 2 N–H and O–H groups in total. The number of carbonyl (C=O) groups is 2. The van der Waals surface area contributed by atoms with Crippen molar-refractivity contribution >= 4 is 38.9 Å². The molecule has 0 atom stereocenters. The van der Waals surface area contributed by atoms with E-state index < -0.39 is 15.4 Å². The molecule has 0 unspecified atom stereocenters. The Morgan fingerprint density at radius 3 is 2.45 bits per heavy atom. The Kier molecular flexibility index (Phi) is 6.00. The second-order valence-corrected chi connectivity index (χ2v) is 9.82. The smallest absolute Gasteiger partial charge is 0.262 e. The summed E-state index contributed by atoms with van der Waals surface area (Å²) in [5, 5.41) is 2.63. The number of nitrogens with one attached hydrogen (secondary N) is 2. The highest BCUT2D eigenvalue weighted by Gasteiger charge is 2.37. The molecule has 1 heterocycles. The van der Waals surface area contributed by atoms with Gasteiger partial charge < -0.3 is 15.0 Å². The van der Waals surface area contributed by atoms with Gasteiger partial charge in [0.2, 0.25) is 11.8 Å². The van der Waals surface area contributed by atoms with E-state index in [1.54, 1.807) is 36.1 Å². The molecule has 31 heavy (non-hydrogen) atoms. The molecule has 0 saturated heterocycles. The summed E-state index contributed by atoms with van der Waals surface area (Å²) in [6, 6.07) is 9.46. The molecule has 0 saturated carbocycles. The first-order valence-corrected chi connectivity index (χ1v) is 11.4. The molecular weight excluding hydrogens is 418 g/mol. The van der Waals surface area contributed by atoms with Gasteiger partial charge in [0.15, 0.2) is 0 Å². The van der Waals surface area contributed by atoms with Crippen LogP contribution in [-0.4, -0.2) is 33.4 Å². The molecule has 3 rings (SSSR count). The number of hydrogen-bond donors (Lipinski definition) is 2. The maximum Gasteiger partial charge on any atom is 0.262 e. The van der Waals surface area contributed by atoms with Crippen LogP contribution in [0.15, 0.2) is 41.3 Å². The number of ether oxygens (including phenoxy) is 1. The molecule has 0 spiro atoms. The van der Waals surface area contributed by atoms with E-state index in [9.17, 15) is 18.0 Å². The van der Waals surface area contributed by atoms with Crippen molar-refractivity contribution in [1.82, 2.24) is 0 Å². The normalized spacial score (nSPS) is 15.5. The van der Waals surface area contributed by atoms with Crippen LogP contribution in [0.4, 0.5) is 17.1 Å². The largest absolute Gasteiger partial charge is 0.490 e. The van der Waals surface area contributed by atoms with Crippen LogP contribution < -0.4 is 19.7 Å². The second kappa shape index (κ2) is 8.22. The Morgan fingerprint density at radius 1 is 1.16 bits per heavy atom. The summed E-state index contributed by atoms with van der Waals surface area (Å²) >= 11 is 0. The number of sulfonamides is 1. The third-order valence-electron chi connectivity index (χ3n) is 5.02. The Balaban J connectivity index is 1.91. The van der Waals surface area contributed by atoms with E-state index in [0.717, 1.165) is 0 Å². The highest BCUT2D eigenvalue weighted by molar-refractivity contribution is 7.92. The summed E-state index contributed by atoms with van der Waals surface area (Å²) in [5.74, 6) is 0.163. The van der Waals surface area contributed by atoms with Gasteiger partial charge in [-0.1, -0.05) is 0 Å². The van der Waals surface area contributed by atoms with Crippen LogP contribution in [0.1, 0.15) is 33.3 Å². The zero-order chi connectivity index (χ0) is 23.0. The van der Waals surface area contributed by atoms with Crippen LogP contribution in [0, 0.1) is 12.3 Å². The molecule has 0 aromatic heterocycles. The molecule has 0 bridgehead atoms. The lowest BCUT2D eigenvalue weighted by molar-refractivity contribution is -0.127. The van der Waals surface area contributed by atoms with Gasteiger partial charge in [-0.2, -0.15) is 0 Å². The first kappa shape index (κ1) is 22.6. The van der Waals surface area contributed by atoms with Crippen molar-refractivity contribution < 1.29 is 22.7 Å². The molecule has 166 valence electrons. The number of fused-ring (bicyclic) bond motifs is 1. The number of aryl methyl sites for hydroxylation is 1. The van der Waals surface area contributed by atoms with Crippen LogP contribution in [0.5, 0.6) is 5.75 Å². The van der Waals surface area contributed by atoms with Crippen molar-refractivity contribution in [2.75, 3.05) is 28.1 Å². The molecule has 8 nitrogen and oxygen atoms in total. The first-order chi connectivity index (χ1) is 14.4. The Labute approximate surface area is 182 Å². The SMILES string of the molecule is CCN1C(=O)C(C)(C)COc2cc(NS(=O)(=O)c3ccc(NC(C)=O)cc3C)ccc21. The molecule has 1 aliphatic heterocycles. The molecule has 1 aliphatic rings. The molecule has 2 amide bonds. The lowest BCUT2D eigenvalue weighted by atomic mass is 9.93. The number of hydrogen-bond acceptors (Lipinski definition) is 5. The number of carbonyl (C=O) groups excluding carboxylic acids is 2. The average molecular weight is 446 g/mol. The van der Waals surface area contributed by atoms with E-state index in [-0.39, 0.29) is 23.3 Å². The van der Waals surface area contributed by atoms with Gasteiger partial charge in [-0.3, -0.25) is 14.3 Å². The number of benzene rings is 2. The average Bonchev–Trinajstić information content (AvgIpc) is 2.75. The summed E-state index contributed by atoms with van der Waals surface area (Å²) in [4.78, 5) is 25.8. The maximum absolute atomic E-state index is 13.0. The van der Waals surface area contributed by atoms with Crippen molar-refractivity contribution in [2.45, 2.75) is 39.5 Å². The van der Waals surface area contributed by atoms with Gasteiger partial charge in [0.1, 0.15) is 12.4 Å². The minimum atomic E-state index is -3.88. The van der Waals surface area contributed by atoms with Crippen LogP contribution in [0.25, 0.3) is 0 Å². The number of rotatable bonds is 5. The van der Waals surface area contributed by atoms with E-state index in [4.69, 9.17) is 4.74 Å². The summed E-state index contributed by atoms with van der Waals surface area (Å²) in [7, 11) is -3.88. The third kappa shape index (κ3) is 4.66. The fraction of sp³-hybridized carbons (Fsp3) is 0.364. The lowest BCUT2D eigenvalue weighted by Gasteiger charge is -2.26. The van der Waals surface area contributed by atoms with Crippen molar-refractivity contribution in [1.29, 1.82) is 0 Å². The van der Waals surface area contributed by atoms with E-state index in [2.05, 4.69) is 10.0 Å². The van der Waals surface area contributed by atoms with Crippen molar-refractivity contribution in [3.8, 4) is 5.75 Å². The van der Waals surface area contributed by atoms with Crippen LogP contribution in [-0.2, 0) is 19.6 Å². The van der Waals surface area contributed by atoms with Crippen LogP contribution >= 0.6 is 0 Å². The van der Waals surface area contributed by atoms with Crippen molar-refractivity contribution in [3.05, 3.63) is 42.0 Å². The van der Waals surface area contributed by atoms with Crippen LogP contribution in [0.2, 0.25) is 0 Å². The van der Waals surface area contributed by atoms with Crippen molar-refractivity contribution in [2.24, 2.45) is 5.41 Å². The minimum Gasteiger partial charge on any atom is -0.490 e. The molecule has 0 fully saturated rings. The summed E-state index contributed by atoms with van der Waals surface area (Å²) in [6.07, 6.45) is 0. The quantitative estimate of drug-likeness (QED) is 0.733. The highest BCUT2D eigenvalue weighted by atomic mass is 32.2. The van der Waals surface area contributed by atoms with Gasteiger partial charge in [0.25, 0.3) is 10.0 Å². The maximum atomic E-state index is 13.0. The number of amides is 2. The summed E-state index contributed by atoms with van der Waals surface area (Å²) < 4.78 is 34.4. The van der Waals surface area contributed by atoms with Crippen LogP contribution in [0.3, 0.4) is 0 Å². The predicted molar refractivity (Wildman–Crippen MR) is 120 cm³/mol. The predicted octanol–water partition coefficient (Wildman–Crippen LogP) is 3.53.